The Morgan fingerprint density at radius 3 is 1.68 bits per heavy atom. The number of hydrogen-bond donors (Lipinski definition) is 0. The largest absolute Gasteiger partial charge is 0.454 e. The second-order valence-corrected chi connectivity index (χ2v) is 6.25. The lowest BCUT2D eigenvalue weighted by Crippen LogP contribution is -1.92. The summed E-state index contributed by atoms with van der Waals surface area (Å²) < 4.78 is 11.1. The molecule has 0 saturated carbocycles. The number of nitrogens with zero attached hydrogens (tertiary/aromatic N) is 2. The van der Waals surface area contributed by atoms with Crippen LogP contribution in [0.4, 0.5) is 0 Å². The Morgan fingerprint density at radius 1 is 0.640 bits per heavy atom. The Hall–Kier alpha value is -3.40. The second kappa shape index (κ2) is 4.57. The quantitative estimate of drug-likeness (QED) is 0.303. The van der Waals surface area contributed by atoms with Gasteiger partial charge in [-0.3, -0.25) is 9.97 Å². The Balaban J connectivity index is 1.88. The van der Waals surface area contributed by atoms with Crippen LogP contribution in [0.5, 0.6) is 11.5 Å². The first kappa shape index (κ1) is 13.0. The van der Waals surface area contributed by atoms with Gasteiger partial charge in [0.1, 0.15) is 0 Å². The van der Waals surface area contributed by atoms with Gasteiger partial charge in [0.15, 0.2) is 11.5 Å². The third kappa shape index (κ3) is 1.71. The molecule has 0 unspecified atom stereocenters. The van der Waals surface area contributed by atoms with E-state index < -0.39 is 0 Å². The summed E-state index contributed by atoms with van der Waals surface area (Å²) >= 11 is 0. The maximum atomic E-state index is 5.53. The Bertz CT molecular complexity index is 1230. The van der Waals surface area contributed by atoms with Gasteiger partial charge in [-0.1, -0.05) is 12.1 Å². The van der Waals surface area contributed by atoms with Gasteiger partial charge in [0.05, 0.1) is 11.0 Å². The Kier molecular flexibility index (Phi) is 2.37. The summed E-state index contributed by atoms with van der Waals surface area (Å²) in [6.07, 6.45) is 3.64. The van der Waals surface area contributed by atoms with Crippen molar-refractivity contribution in [1.29, 1.82) is 0 Å². The van der Waals surface area contributed by atoms with E-state index in [1.807, 2.05) is 36.7 Å². The molecule has 0 aliphatic carbocycles. The third-order valence-electron chi connectivity index (χ3n) is 4.89. The highest BCUT2D eigenvalue weighted by molar-refractivity contribution is 6.25. The molecule has 0 bridgehead atoms. The van der Waals surface area contributed by atoms with Gasteiger partial charge in [-0.05, 0) is 57.9 Å². The summed E-state index contributed by atoms with van der Waals surface area (Å²) in [6, 6.07) is 16.7. The lowest BCUT2D eigenvalue weighted by molar-refractivity contribution is 0.174. The van der Waals surface area contributed by atoms with Crippen molar-refractivity contribution in [2.24, 2.45) is 0 Å². The zero-order valence-corrected chi connectivity index (χ0v) is 13.2. The zero-order valence-electron chi connectivity index (χ0n) is 13.2. The first-order valence-electron chi connectivity index (χ1n) is 8.17. The number of fused-ring (bicyclic) bond motifs is 8. The highest BCUT2D eigenvalue weighted by Crippen LogP contribution is 2.40. The molecular weight excluding hydrogens is 312 g/mol. The molecule has 5 aromatic rings. The minimum Gasteiger partial charge on any atom is -0.454 e. The molecule has 2 aromatic heterocycles. The average molecular weight is 324 g/mol. The van der Waals surface area contributed by atoms with Crippen molar-refractivity contribution in [2.45, 2.75) is 0 Å². The lowest BCUT2D eigenvalue weighted by Gasteiger charge is -2.10. The van der Waals surface area contributed by atoms with Crippen LogP contribution in [0, 0.1) is 0 Å². The first-order valence-corrected chi connectivity index (χ1v) is 8.17. The molecule has 25 heavy (non-hydrogen) atoms. The van der Waals surface area contributed by atoms with Crippen molar-refractivity contribution in [1.82, 2.24) is 9.97 Å². The number of aromatic nitrogens is 2. The van der Waals surface area contributed by atoms with Crippen LogP contribution < -0.4 is 9.47 Å². The minimum atomic E-state index is 0.283. The predicted octanol–water partition coefficient (Wildman–Crippen LogP) is 4.82. The topological polar surface area (TPSA) is 44.2 Å². The van der Waals surface area contributed by atoms with Crippen LogP contribution >= 0.6 is 0 Å². The molecule has 1 aliphatic rings. The number of rotatable bonds is 0. The smallest absolute Gasteiger partial charge is 0.231 e. The van der Waals surface area contributed by atoms with Crippen LogP contribution in [0.2, 0.25) is 0 Å². The molecule has 0 fully saturated rings. The fraction of sp³-hybridized carbons (Fsp3) is 0.0476. The zero-order chi connectivity index (χ0) is 16.4. The SMILES string of the molecule is c1cnc2c(c1)c1cc3cc4c(cc3cc1c1cccnc12)OCO4. The molecule has 4 heteroatoms. The van der Waals surface area contributed by atoms with Gasteiger partial charge in [0.25, 0.3) is 0 Å². The van der Waals surface area contributed by atoms with Gasteiger partial charge in [-0.25, -0.2) is 0 Å². The molecule has 0 saturated heterocycles. The van der Waals surface area contributed by atoms with Crippen molar-refractivity contribution >= 4 is 43.4 Å². The van der Waals surface area contributed by atoms with Crippen LogP contribution in [0.1, 0.15) is 0 Å². The Labute approximate surface area is 142 Å². The van der Waals surface area contributed by atoms with Crippen molar-refractivity contribution in [3.63, 3.8) is 0 Å². The van der Waals surface area contributed by atoms with E-state index in [1.54, 1.807) is 0 Å². The first-order chi connectivity index (χ1) is 12.4. The fourth-order valence-electron chi connectivity index (χ4n) is 3.76. The highest BCUT2D eigenvalue weighted by atomic mass is 16.7. The van der Waals surface area contributed by atoms with Gasteiger partial charge in [-0.2, -0.15) is 0 Å². The molecular formula is C21H12N2O2. The molecule has 6 rings (SSSR count). The molecule has 3 heterocycles. The summed E-state index contributed by atoms with van der Waals surface area (Å²) in [6.45, 7) is 0.283. The fourth-order valence-corrected chi connectivity index (χ4v) is 3.76. The van der Waals surface area contributed by atoms with Crippen LogP contribution in [0.25, 0.3) is 43.4 Å². The summed E-state index contributed by atoms with van der Waals surface area (Å²) in [4.78, 5) is 9.18. The maximum Gasteiger partial charge on any atom is 0.231 e. The van der Waals surface area contributed by atoms with Gasteiger partial charge in [-0.15, -0.1) is 0 Å². The molecule has 0 N–H and O–H groups in total. The van der Waals surface area contributed by atoms with Crippen LogP contribution in [0.15, 0.2) is 60.9 Å². The van der Waals surface area contributed by atoms with Crippen molar-refractivity contribution in [3.8, 4) is 11.5 Å². The maximum absolute atomic E-state index is 5.53. The number of pyridine rings is 2. The third-order valence-corrected chi connectivity index (χ3v) is 4.89. The summed E-state index contributed by atoms with van der Waals surface area (Å²) in [5.41, 5.74) is 1.87. The standard InChI is InChI=1S/C21H12N2O2/c1-3-14-16-7-12-9-18-19(25-11-24-18)10-13(12)8-17(16)15-4-2-6-23-21(15)20(14)22-5-1/h1-10H,11H2. The van der Waals surface area contributed by atoms with Crippen LogP contribution in [-0.4, -0.2) is 16.8 Å². The monoisotopic (exact) mass is 324 g/mol. The highest BCUT2D eigenvalue weighted by Gasteiger charge is 2.16. The van der Waals surface area contributed by atoms with E-state index in [4.69, 9.17) is 9.47 Å². The normalized spacial score (nSPS) is 13.3. The van der Waals surface area contributed by atoms with E-state index >= 15 is 0 Å². The molecule has 0 radical (unpaired) electrons. The molecule has 1 aliphatic heterocycles. The molecule has 0 spiro atoms. The Morgan fingerprint density at radius 2 is 1.16 bits per heavy atom. The average Bonchev–Trinajstić information content (AvgIpc) is 3.12. The molecule has 118 valence electrons. The summed E-state index contributed by atoms with van der Waals surface area (Å²) in [7, 11) is 0. The van der Waals surface area contributed by atoms with Crippen molar-refractivity contribution < 1.29 is 9.47 Å². The van der Waals surface area contributed by atoms with Crippen molar-refractivity contribution in [3.05, 3.63) is 60.9 Å². The molecule has 0 amide bonds. The molecule has 3 aromatic carbocycles. The van der Waals surface area contributed by atoms with Gasteiger partial charge >= 0.3 is 0 Å². The van der Waals surface area contributed by atoms with Gasteiger partial charge in [0.2, 0.25) is 6.79 Å². The van der Waals surface area contributed by atoms with Crippen LogP contribution in [-0.2, 0) is 0 Å². The number of hydrogen-bond acceptors (Lipinski definition) is 4. The molecule has 4 nitrogen and oxygen atoms in total. The van der Waals surface area contributed by atoms with E-state index in [0.717, 1.165) is 44.1 Å². The predicted molar refractivity (Wildman–Crippen MR) is 98.2 cm³/mol. The van der Waals surface area contributed by atoms with Crippen molar-refractivity contribution in [2.75, 3.05) is 6.79 Å². The minimum absolute atomic E-state index is 0.283. The van der Waals surface area contributed by atoms with E-state index in [0.29, 0.717) is 0 Å². The summed E-state index contributed by atoms with van der Waals surface area (Å²) in [5.74, 6) is 1.61. The van der Waals surface area contributed by atoms with E-state index in [9.17, 15) is 0 Å². The van der Waals surface area contributed by atoms with E-state index in [2.05, 4.69) is 34.2 Å². The summed E-state index contributed by atoms with van der Waals surface area (Å²) in [5, 5.41) is 6.84. The number of ether oxygens (including phenoxy) is 2. The van der Waals surface area contributed by atoms with E-state index in [1.165, 1.54) is 10.8 Å². The second-order valence-electron chi connectivity index (χ2n) is 6.25. The molecule has 0 atom stereocenters. The van der Waals surface area contributed by atoms with Gasteiger partial charge < -0.3 is 9.47 Å². The lowest BCUT2D eigenvalue weighted by atomic mass is 9.96. The van der Waals surface area contributed by atoms with E-state index in [-0.39, 0.29) is 6.79 Å². The van der Waals surface area contributed by atoms with Crippen LogP contribution in [0.3, 0.4) is 0 Å². The number of benzene rings is 3. The van der Waals surface area contributed by atoms with Gasteiger partial charge in [0, 0.05) is 23.2 Å².